The second kappa shape index (κ2) is 8.15. The SMILES string of the molecule is Cc1cc(NC(=O)c2nccnc2N2CC(Oc3cc(F)c(F)c(Cl)c3)C2)ncn1. The number of anilines is 2. The van der Waals surface area contributed by atoms with Crippen LogP contribution in [-0.2, 0) is 0 Å². The van der Waals surface area contributed by atoms with Crippen LogP contribution in [0.1, 0.15) is 16.2 Å². The van der Waals surface area contributed by atoms with Gasteiger partial charge in [0.1, 0.15) is 24.0 Å². The summed E-state index contributed by atoms with van der Waals surface area (Å²) in [5.74, 6) is -1.81. The van der Waals surface area contributed by atoms with Gasteiger partial charge in [0.2, 0.25) is 0 Å². The summed E-state index contributed by atoms with van der Waals surface area (Å²) in [4.78, 5) is 30.8. The van der Waals surface area contributed by atoms with Crippen LogP contribution in [0.3, 0.4) is 0 Å². The third kappa shape index (κ3) is 4.13. The number of nitrogens with zero attached hydrogens (tertiary/aromatic N) is 5. The molecule has 1 N–H and O–H groups in total. The lowest BCUT2D eigenvalue weighted by atomic mass is 10.1. The number of aryl methyl sites for hydroxylation is 1. The fourth-order valence-corrected chi connectivity index (χ4v) is 3.10. The van der Waals surface area contributed by atoms with E-state index in [1.54, 1.807) is 17.9 Å². The van der Waals surface area contributed by atoms with E-state index in [-0.39, 0.29) is 22.6 Å². The Hall–Kier alpha value is -3.40. The highest BCUT2D eigenvalue weighted by atomic mass is 35.5. The molecule has 1 fully saturated rings. The Bertz CT molecular complexity index is 1090. The van der Waals surface area contributed by atoms with Gasteiger partial charge < -0.3 is 15.0 Å². The average Bonchev–Trinajstić information content (AvgIpc) is 2.68. The first-order valence-electron chi connectivity index (χ1n) is 8.88. The second-order valence-electron chi connectivity index (χ2n) is 6.57. The van der Waals surface area contributed by atoms with E-state index in [0.717, 1.165) is 6.07 Å². The number of carbonyl (C=O) groups is 1. The Morgan fingerprint density at radius 3 is 2.67 bits per heavy atom. The maximum absolute atomic E-state index is 13.5. The van der Waals surface area contributed by atoms with Crippen molar-refractivity contribution in [2.24, 2.45) is 0 Å². The normalized spacial score (nSPS) is 13.7. The fraction of sp³-hybridized carbons (Fsp3) is 0.211. The molecule has 0 radical (unpaired) electrons. The van der Waals surface area contributed by atoms with Gasteiger partial charge in [-0.3, -0.25) is 4.79 Å². The average molecular weight is 433 g/mol. The standard InChI is InChI=1S/C19H15ClF2N6O2/c1-10-4-15(26-9-25-10)27-19(29)17-18(24-3-2-23-17)28-7-12(8-28)30-11-5-13(20)16(22)14(21)6-11/h2-6,9,12H,7-8H2,1H3,(H,25,26,27,29). The zero-order valence-electron chi connectivity index (χ0n) is 15.6. The number of rotatable bonds is 5. The van der Waals surface area contributed by atoms with Crippen molar-refractivity contribution in [2.75, 3.05) is 23.3 Å². The topological polar surface area (TPSA) is 93.1 Å². The van der Waals surface area contributed by atoms with Crippen molar-refractivity contribution in [3.05, 3.63) is 65.0 Å². The van der Waals surface area contributed by atoms with Crippen LogP contribution < -0.4 is 15.0 Å². The van der Waals surface area contributed by atoms with Crippen LogP contribution in [0, 0.1) is 18.6 Å². The minimum Gasteiger partial charge on any atom is -0.487 e. The molecule has 1 aromatic carbocycles. The highest BCUT2D eigenvalue weighted by Gasteiger charge is 2.33. The molecule has 4 rings (SSSR count). The molecular formula is C19H15ClF2N6O2. The molecule has 0 unspecified atom stereocenters. The van der Waals surface area contributed by atoms with Crippen LogP contribution in [0.4, 0.5) is 20.4 Å². The number of hydrogen-bond acceptors (Lipinski definition) is 7. The number of aromatic nitrogens is 4. The van der Waals surface area contributed by atoms with E-state index in [2.05, 4.69) is 25.3 Å². The first-order valence-corrected chi connectivity index (χ1v) is 9.25. The number of nitrogens with one attached hydrogen (secondary N) is 1. The molecule has 0 aliphatic carbocycles. The van der Waals surface area contributed by atoms with Crippen molar-refractivity contribution in [3.8, 4) is 5.75 Å². The second-order valence-corrected chi connectivity index (χ2v) is 6.98. The van der Waals surface area contributed by atoms with Crippen LogP contribution >= 0.6 is 11.6 Å². The predicted octanol–water partition coefficient (Wildman–Crippen LogP) is 3.03. The highest BCUT2D eigenvalue weighted by Crippen LogP contribution is 2.28. The summed E-state index contributed by atoms with van der Waals surface area (Å²) in [5.41, 5.74) is 0.836. The van der Waals surface area contributed by atoms with Crippen molar-refractivity contribution in [3.63, 3.8) is 0 Å². The van der Waals surface area contributed by atoms with Crippen molar-refractivity contribution >= 4 is 29.1 Å². The Labute approximate surface area is 174 Å². The Morgan fingerprint density at radius 1 is 1.17 bits per heavy atom. The molecule has 3 aromatic rings. The third-order valence-corrected chi connectivity index (χ3v) is 4.62. The van der Waals surface area contributed by atoms with Gasteiger partial charge >= 0.3 is 0 Å². The van der Waals surface area contributed by atoms with Gasteiger partial charge in [0, 0.05) is 36.3 Å². The number of carbonyl (C=O) groups excluding carboxylic acids is 1. The summed E-state index contributed by atoms with van der Waals surface area (Å²) in [6.07, 6.45) is 3.93. The van der Waals surface area contributed by atoms with Gasteiger partial charge in [0.15, 0.2) is 23.1 Å². The fourth-order valence-electron chi connectivity index (χ4n) is 2.90. The van der Waals surface area contributed by atoms with Crippen molar-refractivity contribution in [1.82, 2.24) is 19.9 Å². The molecule has 11 heteroatoms. The molecule has 2 aromatic heterocycles. The van der Waals surface area contributed by atoms with Crippen LogP contribution in [0.25, 0.3) is 0 Å². The molecule has 0 saturated carbocycles. The summed E-state index contributed by atoms with van der Waals surface area (Å²) >= 11 is 5.64. The van der Waals surface area contributed by atoms with E-state index >= 15 is 0 Å². The molecule has 0 spiro atoms. The summed E-state index contributed by atoms with van der Waals surface area (Å²) in [5, 5.41) is 2.32. The third-order valence-electron chi connectivity index (χ3n) is 4.35. The molecule has 8 nitrogen and oxygen atoms in total. The van der Waals surface area contributed by atoms with Gasteiger partial charge in [-0.2, -0.15) is 0 Å². The molecule has 1 amide bonds. The van der Waals surface area contributed by atoms with Gasteiger partial charge in [-0.15, -0.1) is 0 Å². The Balaban J connectivity index is 1.43. The predicted molar refractivity (Wildman–Crippen MR) is 105 cm³/mol. The quantitative estimate of drug-likeness (QED) is 0.619. The van der Waals surface area contributed by atoms with Gasteiger partial charge in [-0.05, 0) is 6.92 Å². The van der Waals surface area contributed by atoms with Crippen LogP contribution in [-0.4, -0.2) is 45.0 Å². The van der Waals surface area contributed by atoms with E-state index in [0.29, 0.717) is 30.4 Å². The van der Waals surface area contributed by atoms with E-state index in [1.165, 1.54) is 24.8 Å². The highest BCUT2D eigenvalue weighted by molar-refractivity contribution is 6.30. The molecule has 0 bridgehead atoms. The lowest BCUT2D eigenvalue weighted by molar-refractivity contribution is 0.102. The maximum Gasteiger partial charge on any atom is 0.279 e. The number of benzene rings is 1. The number of ether oxygens (including phenoxy) is 1. The summed E-state index contributed by atoms with van der Waals surface area (Å²) < 4.78 is 32.4. The lowest BCUT2D eigenvalue weighted by Crippen LogP contribution is -2.54. The Morgan fingerprint density at radius 2 is 1.93 bits per heavy atom. The van der Waals surface area contributed by atoms with Crippen LogP contribution in [0.5, 0.6) is 5.75 Å². The molecule has 1 saturated heterocycles. The first kappa shape index (κ1) is 19.9. The number of halogens is 3. The van der Waals surface area contributed by atoms with Crippen molar-refractivity contribution < 1.29 is 18.3 Å². The van der Waals surface area contributed by atoms with Crippen molar-refractivity contribution in [1.29, 1.82) is 0 Å². The summed E-state index contributed by atoms with van der Waals surface area (Å²) in [6, 6.07) is 3.79. The van der Waals surface area contributed by atoms with Crippen LogP contribution in [0.15, 0.2) is 36.9 Å². The molecule has 1 aliphatic heterocycles. The largest absolute Gasteiger partial charge is 0.487 e. The Kier molecular flexibility index (Phi) is 5.40. The molecule has 0 atom stereocenters. The van der Waals surface area contributed by atoms with E-state index in [1.807, 2.05) is 0 Å². The van der Waals surface area contributed by atoms with E-state index < -0.39 is 17.5 Å². The van der Waals surface area contributed by atoms with Crippen LogP contribution in [0.2, 0.25) is 5.02 Å². The zero-order chi connectivity index (χ0) is 21.3. The number of hydrogen-bond donors (Lipinski definition) is 1. The summed E-state index contributed by atoms with van der Waals surface area (Å²) in [6.45, 7) is 2.54. The first-order chi connectivity index (χ1) is 14.4. The molecule has 1 aliphatic rings. The van der Waals surface area contributed by atoms with E-state index in [9.17, 15) is 13.6 Å². The molecular weight excluding hydrogens is 418 g/mol. The molecule has 154 valence electrons. The van der Waals surface area contributed by atoms with Crippen molar-refractivity contribution in [2.45, 2.75) is 13.0 Å². The van der Waals surface area contributed by atoms with Gasteiger partial charge in [-0.25, -0.2) is 28.7 Å². The summed E-state index contributed by atoms with van der Waals surface area (Å²) in [7, 11) is 0. The molecule has 3 heterocycles. The van der Waals surface area contributed by atoms with Gasteiger partial charge in [0.05, 0.1) is 18.1 Å². The van der Waals surface area contributed by atoms with E-state index in [4.69, 9.17) is 16.3 Å². The monoisotopic (exact) mass is 432 g/mol. The smallest absolute Gasteiger partial charge is 0.279 e. The van der Waals surface area contributed by atoms with Gasteiger partial charge in [0.25, 0.3) is 5.91 Å². The number of amides is 1. The maximum atomic E-state index is 13.5. The minimum absolute atomic E-state index is 0.125. The lowest BCUT2D eigenvalue weighted by Gasteiger charge is -2.40. The minimum atomic E-state index is -1.12. The zero-order valence-corrected chi connectivity index (χ0v) is 16.4. The molecule has 30 heavy (non-hydrogen) atoms. The van der Waals surface area contributed by atoms with Gasteiger partial charge in [-0.1, -0.05) is 11.6 Å².